The molecule has 0 aromatic rings. The predicted molar refractivity (Wildman–Crippen MR) is 477 cm³/mol. The largest absolute Gasteiger partial charge is 0.462 e. The van der Waals surface area contributed by atoms with Gasteiger partial charge in [0, 0.05) is 32.1 Å². The van der Waals surface area contributed by atoms with Gasteiger partial charge in [0.15, 0.2) is 12.2 Å². The molecule has 0 rings (SSSR count). The molecular weight excluding hydrogens is 1460 g/mol. The lowest BCUT2D eigenvalue weighted by molar-refractivity contribution is -0.169. The summed E-state index contributed by atoms with van der Waals surface area (Å²) in [5.74, 6) is -2.07. The smallest absolute Gasteiger partial charge is 0.306 e. The Hall–Kier alpha value is -4.23. The highest BCUT2D eigenvalue weighted by molar-refractivity contribution is 5.71. The van der Waals surface area contributed by atoms with Crippen LogP contribution in [0.15, 0.2) is 60.8 Å². The summed E-state index contributed by atoms with van der Waals surface area (Å²) in [5.41, 5.74) is 0. The van der Waals surface area contributed by atoms with Gasteiger partial charge < -0.3 is 58.7 Å². The molecule has 5 N–H and O–H groups in total. The zero-order chi connectivity index (χ0) is 84.7. The minimum absolute atomic E-state index is 0.152. The minimum Gasteiger partial charge on any atom is -0.462 e. The van der Waals surface area contributed by atoms with Crippen LogP contribution in [0.4, 0.5) is 0 Å². The first kappa shape index (κ1) is 112. The Morgan fingerprint density at radius 3 is 0.612 bits per heavy atom. The summed E-state index contributed by atoms with van der Waals surface area (Å²) in [6.45, 7) is 9.91. The van der Waals surface area contributed by atoms with E-state index in [0.29, 0.717) is 64.2 Å². The van der Waals surface area contributed by atoms with Gasteiger partial charge in [0.1, 0.15) is 19.3 Å². The van der Waals surface area contributed by atoms with Crippen LogP contribution < -0.4 is 0 Å². The fourth-order valence-corrected chi connectivity index (χ4v) is 14.0. The maximum absolute atomic E-state index is 13.7. The van der Waals surface area contributed by atoms with Gasteiger partial charge in [0.25, 0.3) is 0 Å². The van der Waals surface area contributed by atoms with Crippen LogP contribution in [-0.2, 0) is 57.1 Å². The van der Waals surface area contributed by atoms with Gasteiger partial charge in [-0.05, 0) is 161 Å². The number of hydrogen-bond acceptors (Lipinski definition) is 17. The molecule has 0 aromatic heterocycles. The van der Waals surface area contributed by atoms with Crippen LogP contribution in [-0.4, -0.2) is 144 Å². The zero-order valence-corrected chi connectivity index (χ0v) is 75.2. The summed E-state index contributed by atoms with van der Waals surface area (Å²) in [4.78, 5) is 67.3. The van der Waals surface area contributed by atoms with Crippen molar-refractivity contribution >= 4 is 29.8 Å². The average molecular weight is 1640 g/mol. The van der Waals surface area contributed by atoms with Crippen LogP contribution >= 0.6 is 0 Å². The second-order valence-electron chi connectivity index (χ2n) is 33.4. The molecule has 0 aliphatic rings. The lowest BCUT2D eigenvalue weighted by Crippen LogP contribution is -2.35. The summed E-state index contributed by atoms with van der Waals surface area (Å²) in [7, 11) is 0. The van der Waals surface area contributed by atoms with Gasteiger partial charge in [-0.2, -0.15) is 0 Å². The van der Waals surface area contributed by atoms with E-state index in [9.17, 15) is 49.5 Å². The number of unbranched alkanes of at least 4 members (excludes halogenated alkanes) is 40. The predicted octanol–water partition coefficient (Wildman–Crippen LogP) is 24.9. The van der Waals surface area contributed by atoms with Crippen LogP contribution in [0.25, 0.3) is 0 Å². The fraction of sp³-hybridized carbons (Fsp3) is 0.848. The molecule has 0 fully saturated rings. The first-order valence-electron chi connectivity index (χ1n) is 48.4. The van der Waals surface area contributed by atoms with E-state index in [0.717, 1.165) is 231 Å². The fourth-order valence-electron chi connectivity index (χ4n) is 14.0. The summed E-state index contributed by atoms with van der Waals surface area (Å²) in [6, 6.07) is 0. The maximum Gasteiger partial charge on any atom is 0.306 e. The molecule has 0 saturated heterocycles. The van der Waals surface area contributed by atoms with Crippen LogP contribution in [0.3, 0.4) is 0 Å². The van der Waals surface area contributed by atoms with Crippen LogP contribution in [0.1, 0.15) is 452 Å². The Morgan fingerprint density at radius 2 is 0.397 bits per heavy atom. The third-order valence-corrected chi connectivity index (χ3v) is 21.6. The van der Waals surface area contributed by atoms with Crippen molar-refractivity contribution in [2.24, 2.45) is 0 Å². The highest BCUT2D eigenvalue weighted by Gasteiger charge is 2.24. The van der Waals surface area contributed by atoms with Crippen LogP contribution in [0, 0.1) is 0 Å². The Morgan fingerprint density at radius 1 is 0.216 bits per heavy atom. The van der Waals surface area contributed by atoms with E-state index in [1.807, 2.05) is 0 Å². The topological polar surface area (TPSA) is 251 Å². The van der Waals surface area contributed by atoms with Gasteiger partial charge in [-0.1, -0.05) is 320 Å². The van der Waals surface area contributed by atoms with E-state index in [-0.39, 0.29) is 102 Å². The van der Waals surface area contributed by atoms with Crippen LogP contribution in [0.5, 0.6) is 0 Å². The monoisotopic (exact) mass is 1640 g/mol. The summed E-state index contributed by atoms with van der Waals surface area (Å²) >= 11 is 0. The van der Waals surface area contributed by atoms with Crippen molar-refractivity contribution in [3.63, 3.8) is 0 Å². The van der Waals surface area contributed by atoms with Crippen molar-refractivity contribution in [3.05, 3.63) is 60.8 Å². The van der Waals surface area contributed by atoms with E-state index < -0.39 is 48.2 Å². The first-order valence-corrected chi connectivity index (χ1v) is 48.4. The van der Waals surface area contributed by atoms with E-state index in [2.05, 4.69) is 95.4 Å². The van der Waals surface area contributed by atoms with Gasteiger partial charge >= 0.3 is 29.8 Å². The molecule has 0 saturated carbocycles. The van der Waals surface area contributed by atoms with E-state index in [1.54, 1.807) is 0 Å². The Balaban J connectivity index is 6.24. The van der Waals surface area contributed by atoms with Crippen molar-refractivity contribution in [1.29, 1.82) is 0 Å². The van der Waals surface area contributed by atoms with Gasteiger partial charge in [0.05, 0.1) is 56.9 Å². The number of rotatable bonds is 90. The third kappa shape index (κ3) is 83.4. The molecule has 0 heterocycles. The Labute approximate surface area is 710 Å². The van der Waals surface area contributed by atoms with Crippen molar-refractivity contribution in [1.82, 2.24) is 0 Å². The first-order chi connectivity index (χ1) is 56.6. The Bertz CT molecular complexity index is 2190. The van der Waals surface area contributed by atoms with E-state index in [1.165, 1.54) is 89.9 Å². The molecule has 678 valence electrons. The van der Waals surface area contributed by atoms with Crippen molar-refractivity contribution in [2.45, 2.75) is 501 Å². The summed E-state index contributed by atoms with van der Waals surface area (Å²) in [5, 5.41) is 51.6. The molecule has 0 radical (unpaired) electrons. The molecule has 0 bridgehead atoms. The van der Waals surface area contributed by atoms with E-state index >= 15 is 0 Å². The normalized spacial score (nSPS) is 14.1. The lowest BCUT2D eigenvalue weighted by atomic mass is 10.1. The second kappa shape index (κ2) is 88.6. The second-order valence-corrected chi connectivity index (χ2v) is 33.4. The number of aliphatic hydroxyl groups is 5. The molecule has 0 aliphatic heterocycles. The zero-order valence-electron chi connectivity index (χ0n) is 75.2. The number of ether oxygens (including phenoxy) is 7. The minimum atomic E-state index is -0.942. The SMILES string of the molecule is CCCCCC[C@@H](O)C/C=C\CCCCCCCC(=O)OCC(COCC(COCC(COC(=O)CCCCCCC/C=C\C[C@H](O)CCCCCC)OC(=O)CCCCCCC/C=C\C[C@H](O)CCCCCC)OC(=O)CCCCCCC/C=C\C[C@H](O)CCCCCC)OC(=O)CCCCCCC/C=C\C[C@H](O)CCCCCC. The van der Waals surface area contributed by atoms with Gasteiger partial charge in [0.2, 0.25) is 0 Å². The molecule has 7 atom stereocenters. The number of carbonyl (C=O) groups excluding carboxylic acids is 5. The van der Waals surface area contributed by atoms with Crippen LogP contribution in [0.2, 0.25) is 0 Å². The molecule has 116 heavy (non-hydrogen) atoms. The quantitative estimate of drug-likeness (QED) is 0.0164. The summed E-state index contributed by atoms with van der Waals surface area (Å²) < 4.78 is 42.0. The molecule has 17 heteroatoms. The lowest BCUT2D eigenvalue weighted by Gasteiger charge is -2.23. The molecule has 0 spiro atoms. The number of esters is 5. The highest BCUT2D eigenvalue weighted by atomic mass is 16.6. The Kier molecular flexibility index (Phi) is 85.3. The van der Waals surface area contributed by atoms with Gasteiger partial charge in [-0.25, -0.2) is 0 Å². The maximum atomic E-state index is 13.7. The highest BCUT2D eigenvalue weighted by Crippen LogP contribution is 2.20. The molecule has 0 amide bonds. The van der Waals surface area contributed by atoms with E-state index in [4.69, 9.17) is 33.2 Å². The molecular formula is C99H180O17. The van der Waals surface area contributed by atoms with Crippen molar-refractivity contribution in [2.75, 3.05) is 39.6 Å². The number of hydrogen-bond donors (Lipinski definition) is 5. The molecule has 0 aliphatic carbocycles. The molecule has 17 nitrogen and oxygen atoms in total. The van der Waals surface area contributed by atoms with Gasteiger partial charge in [-0.15, -0.1) is 0 Å². The molecule has 2 unspecified atom stereocenters. The number of carbonyl (C=O) groups is 5. The summed E-state index contributed by atoms with van der Waals surface area (Å²) in [6.07, 6.45) is 76.2. The standard InChI is InChI=1S/C99H180O17/c1-6-11-16-51-66-87(100)71-56-41-31-21-26-36-46-61-76-95(105)112-85-93(115-98(108)79-64-49-39-29-24-34-44-59-74-90(103)69-54-19-14-9-4)83-110-81-92(114-97(107)78-63-48-38-28-23-33-43-58-73-89(102)68-53-18-13-8-3)82-111-84-94(116-99(109)80-65-50-40-30-25-35-45-60-75-91(104)70-55-20-15-10-5)86-113-96(106)77-62-47-37-27-22-32-42-57-72-88(101)67-52-17-12-7-2/h41-45,56-60,87-94,100-104H,6-40,46-55,61-86H2,1-5H3/b56-41-,57-42-,58-43-,59-44-,60-45-/t87-,88-,89-,90-,91-,92?,93?,94?/m1/s1. The van der Waals surface area contributed by atoms with Crippen molar-refractivity contribution in [3.8, 4) is 0 Å². The van der Waals surface area contributed by atoms with Gasteiger partial charge in [-0.3, -0.25) is 24.0 Å². The van der Waals surface area contributed by atoms with Crippen molar-refractivity contribution < 1.29 is 82.7 Å². The molecule has 0 aromatic carbocycles. The third-order valence-electron chi connectivity index (χ3n) is 21.6. The average Bonchev–Trinajstić information content (AvgIpc) is 0.931. The number of allylic oxidation sites excluding steroid dienone is 5. The number of aliphatic hydroxyl groups excluding tert-OH is 5.